The Hall–Kier alpha value is -1.05. The average molecular weight is 129 g/mol. The van der Waals surface area contributed by atoms with Crippen LogP contribution in [0.2, 0.25) is 0 Å². The zero-order valence-corrected chi connectivity index (χ0v) is 5.00. The maximum atomic E-state index is 8.23. The highest BCUT2D eigenvalue weighted by Crippen LogP contribution is 1.89. The average Bonchev–Trinajstić information content (AvgIpc) is 1.91. The summed E-state index contributed by atoms with van der Waals surface area (Å²) in [6.07, 6.45) is 0.680. The zero-order chi connectivity index (χ0) is 7.11. The molecule has 1 N–H and O–H groups in total. The second-order valence-corrected chi connectivity index (χ2v) is 1.19. The molecule has 0 spiro atoms. The van der Waals surface area contributed by atoms with Gasteiger partial charge in [0.15, 0.2) is 0 Å². The Kier molecular flexibility index (Phi) is 4.50. The van der Waals surface area contributed by atoms with Gasteiger partial charge in [0.2, 0.25) is 0 Å². The molecule has 4 heteroatoms. The molecular weight excluding hydrogens is 122 g/mol. The van der Waals surface area contributed by atoms with Gasteiger partial charge in [-0.2, -0.15) is 5.26 Å². The molecule has 0 radical (unpaired) electrons. The van der Waals surface area contributed by atoms with Crippen molar-refractivity contribution < 1.29 is 14.9 Å². The largest absolute Gasteiger partial charge is 0.514 e. The van der Waals surface area contributed by atoms with Crippen molar-refractivity contribution in [2.45, 2.75) is 0 Å². The summed E-state index contributed by atoms with van der Waals surface area (Å²) in [6, 6.07) is 1.69. The molecule has 0 saturated carbocycles. The fraction of sp³-hybridized carbons (Fsp3) is 0.400. The molecule has 0 aliphatic rings. The van der Waals surface area contributed by atoms with Gasteiger partial charge in [-0.1, -0.05) is 0 Å². The van der Waals surface area contributed by atoms with Crippen molar-refractivity contribution in [3.63, 3.8) is 0 Å². The van der Waals surface area contributed by atoms with Gasteiger partial charge in [0.05, 0.1) is 18.9 Å². The lowest BCUT2D eigenvalue weighted by Crippen LogP contribution is -1.94. The SMILES string of the molecule is COOC/C(C#N)=C\O. The molecule has 0 saturated heterocycles. The van der Waals surface area contributed by atoms with Crippen LogP contribution in [-0.2, 0) is 9.78 Å². The number of rotatable bonds is 3. The van der Waals surface area contributed by atoms with E-state index in [-0.39, 0.29) is 12.2 Å². The first-order valence-electron chi connectivity index (χ1n) is 2.24. The highest BCUT2D eigenvalue weighted by molar-refractivity contribution is 5.17. The van der Waals surface area contributed by atoms with Crippen LogP contribution in [0, 0.1) is 11.3 Å². The summed E-state index contributed by atoms with van der Waals surface area (Å²) in [5.41, 5.74) is 0.122. The summed E-state index contributed by atoms with van der Waals surface area (Å²) in [6.45, 7) is -0.0243. The first-order chi connectivity index (χ1) is 4.35. The van der Waals surface area contributed by atoms with Crippen molar-refractivity contribution in [3.05, 3.63) is 11.8 Å². The van der Waals surface area contributed by atoms with E-state index < -0.39 is 0 Å². The van der Waals surface area contributed by atoms with Crippen LogP contribution in [0.25, 0.3) is 0 Å². The van der Waals surface area contributed by atoms with Crippen LogP contribution in [-0.4, -0.2) is 18.8 Å². The van der Waals surface area contributed by atoms with Crippen LogP contribution in [0.5, 0.6) is 0 Å². The Labute approximate surface area is 52.9 Å². The Morgan fingerprint density at radius 1 is 1.89 bits per heavy atom. The summed E-state index contributed by atoms with van der Waals surface area (Å²) < 4.78 is 0. The highest BCUT2D eigenvalue weighted by Gasteiger charge is 1.92. The summed E-state index contributed by atoms with van der Waals surface area (Å²) in [5, 5.41) is 16.4. The third-order valence-electron chi connectivity index (χ3n) is 0.632. The molecule has 0 heterocycles. The molecule has 0 aromatic carbocycles. The molecular formula is C5H7NO3. The molecule has 50 valence electrons. The fourth-order valence-electron chi connectivity index (χ4n) is 0.221. The normalized spacial score (nSPS) is 10.9. The second kappa shape index (κ2) is 5.09. The van der Waals surface area contributed by atoms with Crippen LogP contribution in [0.1, 0.15) is 0 Å². The third-order valence-corrected chi connectivity index (χ3v) is 0.632. The van der Waals surface area contributed by atoms with Crippen molar-refractivity contribution in [3.8, 4) is 6.07 Å². The number of hydrogen-bond donors (Lipinski definition) is 1. The van der Waals surface area contributed by atoms with Gasteiger partial charge in [-0.3, -0.25) is 0 Å². The summed E-state index contributed by atoms with van der Waals surface area (Å²) in [5.74, 6) is 0. The Morgan fingerprint density at radius 2 is 2.56 bits per heavy atom. The summed E-state index contributed by atoms with van der Waals surface area (Å²) in [7, 11) is 1.33. The van der Waals surface area contributed by atoms with Gasteiger partial charge >= 0.3 is 0 Å². The van der Waals surface area contributed by atoms with Crippen LogP contribution < -0.4 is 0 Å². The molecule has 0 aliphatic carbocycles. The highest BCUT2D eigenvalue weighted by atomic mass is 17.2. The molecule has 0 aliphatic heterocycles. The molecule has 0 rings (SSSR count). The van der Waals surface area contributed by atoms with E-state index in [4.69, 9.17) is 10.4 Å². The smallest absolute Gasteiger partial charge is 0.120 e. The van der Waals surface area contributed by atoms with E-state index in [1.807, 2.05) is 0 Å². The van der Waals surface area contributed by atoms with Crippen LogP contribution in [0.15, 0.2) is 11.8 Å². The van der Waals surface area contributed by atoms with E-state index in [2.05, 4.69) is 9.78 Å². The Bertz CT molecular complexity index is 136. The minimum absolute atomic E-state index is 0.0243. The molecule has 9 heavy (non-hydrogen) atoms. The van der Waals surface area contributed by atoms with Crippen LogP contribution in [0.3, 0.4) is 0 Å². The molecule has 0 bridgehead atoms. The van der Waals surface area contributed by atoms with Gasteiger partial charge in [-0.25, -0.2) is 9.78 Å². The van der Waals surface area contributed by atoms with Crippen molar-refractivity contribution in [2.24, 2.45) is 0 Å². The van der Waals surface area contributed by atoms with Gasteiger partial charge in [0, 0.05) is 0 Å². The maximum Gasteiger partial charge on any atom is 0.120 e. The predicted molar refractivity (Wildman–Crippen MR) is 29.3 cm³/mol. The lowest BCUT2D eigenvalue weighted by Gasteiger charge is -1.93. The first-order valence-corrected chi connectivity index (χ1v) is 2.24. The summed E-state index contributed by atoms with van der Waals surface area (Å²) >= 11 is 0. The minimum Gasteiger partial charge on any atom is -0.514 e. The van der Waals surface area contributed by atoms with Gasteiger partial charge < -0.3 is 5.11 Å². The molecule has 0 fully saturated rings. The van der Waals surface area contributed by atoms with Crippen molar-refractivity contribution >= 4 is 0 Å². The monoisotopic (exact) mass is 129 g/mol. The van der Waals surface area contributed by atoms with E-state index in [1.165, 1.54) is 7.11 Å². The van der Waals surface area contributed by atoms with Gasteiger partial charge in [0.25, 0.3) is 0 Å². The maximum absolute atomic E-state index is 8.23. The zero-order valence-electron chi connectivity index (χ0n) is 5.00. The van der Waals surface area contributed by atoms with E-state index in [9.17, 15) is 0 Å². The summed E-state index contributed by atoms with van der Waals surface area (Å²) in [4.78, 5) is 8.50. The van der Waals surface area contributed by atoms with Gasteiger partial charge in [-0.05, 0) is 0 Å². The number of nitriles is 1. The van der Waals surface area contributed by atoms with Crippen LogP contribution in [0.4, 0.5) is 0 Å². The number of hydrogen-bond acceptors (Lipinski definition) is 4. The number of aliphatic hydroxyl groups excluding tert-OH is 1. The van der Waals surface area contributed by atoms with E-state index in [0.717, 1.165) is 0 Å². The van der Waals surface area contributed by atoms with Gasteiger partial charge in [-0.15, -0.1) is 0 Å². The van der Waals surface area contributed by atoms with Crippen molar-refractivity contribution in [2.75, 3.05) is 13.7 Å². The molecule has 0 aromatic rings. The Morgan fingerprint density at radius 3 is 2.89 bits per heavy atom. The van der Waals surface area contributed by atoms with Crippen molar-refractivity contribution in [1.29, 1.82) is 5.26 Å². The second-order valence-electron chi connectivity index (χ2n) is 1.19. The molecule has 0 atom stereocenters. The number of nitrogens with zero attached hydrogens (tertiary/aromatic N) is 1. The van der Waals surface area contributed by atoms with Gasteiger partial charge in [0.1, 0.15) is 12.7 Å². The van der Waals surface area contributed by atoms with Crippen molar-refractivity contribution in [1.82, 2.24) is 0 Å². The lowest BCUT2D eigenvalue weighted by molar-refractivity contribution is -0.264. The molecule has 0 amide bonds. The fourth-order valence-corrected chi connectivity index (χ4v) is 0.221. The van der Waals surface area contributed by atoms with E-state index in [0.29, 0.717) is 6.26 Å². The number of aliphatic hydroxyl groups is 1. The minimum atomic E-state index is -0.0243. The molecule has 0 aromatic heterocycles. The molecule has 0 unspecified atom stereocenters. The Balaban J connectivity index is 3.49. The lowest BCUT2D eigenvalue weighted by atomic mass is 10.4. The predicted octanol–water partition coefficient (Wildman–Crippen LogP) is 0.530. The third kappa shape index (κ3) is 3.53. The van der Waals surface area contributed by atoms with E-state index in [1.54, 1.807) is 6.07 Å². The van der Waals surface area contributed by atoms with E-state index >= 15 is 0 Å². The molecule has 4 nitrogen and oxygen atoms in total. The topological polar surface area (TPSA) is 62.5 Å². The van der Waals surface area contributed by atoms with Crippen LogP contribution >= 0.6 is 0 Å². The first kappa shape index (κ1) is 7.95. The quantitative estimate of drug-likeness (QED) is 0.261. The standard InChI is InChI=1S/C5H7NO3/c1-8-9-4-5(2-6)3-7/h3,7H,4H2,1H3/b5-3-.